The Labute approximate surface area is 175 Å². The van der Waals surface area contributed by atoms with Gasteiger partial charge in [-0.1, -0.05) is 60.1 Å². The topological polar surface area (TPSA) is 40.6 Å². The Morgan fingerprint density at radius 2 is 1.43 bits per heavy atom. The van der Waals surface area contributed by atoms with E-state index in [1.54, 1.807) is 12.1 Å². The van der Waals surface area contributed by atoms with Crippen LogP contribution in [0.2, 0.25) is 5.02 Å². The fourth-order valence-electron chi connectivity index (χ4n) is 3.31. The number of halogens is 1. The minimum absolute atomic E-state index is 0.168. The second kappa shape index (κ2) is 7.54. The standard InChI is InChI=1S/C21H17ClN2O2S2/c22-17-11-13-19(14-12-17)28(25,26)23-15-20(16-7-3-1-4-8-16)24(21(23)27)18-9-5-2-6-10-18/h1-14,20H,15H2. The molecule has 1 fully saturated rings. The summed E-state index contributed by atoms with van der Waals surface area (Å²) >= 11 is 11.6. The highest BCUT2D eigenvalue weighted by atomic mass is 35.5. The number of nitrogens with zero attached hydrogens (tertiary/aromatic N) is 2. The van der Waals surface area contributed by atoms with Crippen LogP contribution < -0.4 is 4.90 Å². The maximum Gasteiger partial charge on any atom is 0.266 e. The van der Waals surface area contributed by atoms with Gasteiger partial charge in [0.2, 0.25) is 0 Å². The fourth-order valence-corrected chi connectivity index (χ4v) is 5.41. The van der Waals surface area contributed by atoms with Crippen molar-refractivity contribution in [3.63, 3.8) is 0 Å². The predicted molar refractivity (Wildman–Crippen MR) is 116 cm³/mol. The van der Waals surface area contributed by atoms with E-state index in [0.717, 1.165) is 11.3 Å². The Morgan fingerprint density at radius 3 is 2.04 bits per heavy atom. The van der Waals surface area contributed by atoms with Crippen LogP contribution >= 0.6 is 23.8 Å². The normalized spacial score (nSPS) is 17.2. The average molecular weight is 429 g/mol. The molecule has 0 aromatic heterocycles. The zero-order valence-corrected chi connectivity index (χ0v) is 17.2. The van der Waals surface area contributed by atoms with Crippen molar-refractivity contribution >= 4 is 44.6 Å². The Bertz CT molecular complexity index is 1090. The van der Waals surface area contributed by atoms with Crippen LogP contribution in [-0.4, -0.2) is 24.4 Å². The summed E-state index contributed by atoms with van der Waals surface area (Å²) in [6.45, 7) is 0.239. The molecule has 28 heavy (non-hydrogen) atoms. The molecule has 0 radical (unpaired) electrons. The monoisotopic (exact) mass is 428 g/mol. The van der Waals surface area contributed by atoms with Crippen molar-refractivity contribution in [3.05, 3.63) is 95.5 Å². The lowest BCUT2D eigenvalue weighted by Gasteiger charge is -2.25. The predicted octanol–water partition coefficient (Wildman–Crippen LogP) is 4.88. The molecule has 0 bridgehead atoms. The lowest BCUT2D eigenvalue weighted by atomic mass is 10.1. The fraction of sp³-hybridized carbons (Fsp3) is 0.0952. The Kier molecular flexibility index (Phi) is 5.10. The summed E-state index contributed by atoms with van der Waals surface area (Å²) in [4.78, 5) is 2.07. The van der Waals surface area contributed by atoms with E-state index >= 15 is 0 Å². The smallest absolute Gasteiger partial charge is 0.266 e. The average Bonchev–Trinajstić information content (AvgIpc) is 3.07. The molecule has 1 unspecified atom stereocenters. The zero-order valence-electron chi connectivity index (χ0n) is 14.8. The summed E-state index contributed by atoms with van der Waals surface area (Å²) in [6.07, 6.45) is 0. The van der Waals surface area contributed by atoms with E-state index in [-0.39, 0.29) is 22.6 Å². The summed E-state index contributed by atoms with van der Waals surface area (Å²) in [5.41, 5.74) is 1.86. The molecular weight excluding hydrogens is 412 g/mol. The van der Waals surface area contributed by atoms with E-state index in [1.807, 2.05) is 65.6 Å². The van der Waals surface area contributed by atoms with Gasteiger partial charge < -0.3 is 4.90 Å². The summed E-state index contributed by atoms with van der Waals surface area (Å²) in [5.74, 6) is 0. The number of hydrogen-bond donors (Lipinski definition) is 0. The lowest BCUT2D eigenvalue weighted by molar-refractivity contribution is 0.527. The third kappa shape index (κ3) is 3.39. The molecule has 0 amide bonds. The molecule has 0 spiro atoms. The van der Waals surface area contributed by atoms with Crippen molar-refractivity contribution in [2.24, 2.45) is 0 Å². The van der Waals surface area contributed by atoms with Crippen LogP contribution in [0.5, 0.6) is 0 Å². The molecule has 1 aliphatic heterocycles. The van der Waals surface area contributed by atoms with Gasteiger partial charge >= 0.3 is 0 Å². The molecule has 4 rings (SSSR count). The lowest BCUT2D eigenvalue weighted by Crippen LogP contribution is -2.36. The van der Waals surface area contributed by atoms with Crippen molar-refractivity contribution in [1.82, 2.24) is 4.31 Å². The summed E-state index contributed by atoms with van der Waals surface area (Å²) in [7, 11) is -3.79. The van der Waals surface area contributed by atoms with Crippen LogP contribution in [0.15, 0.2) is 89.8 Å². The Morgan fingerprint density at radius 1 is 0.857 bits per heavy atom. The van der Waals surface area contributed by atoms with E-state index < -0.39 is 10.0 Å². The van der Waals surface area contributed by atoms with Crippen LogP contribution in [-0.2, 0) is 10.0 Å². The zero-order chi connectivity index (χ0) is 19.7. The van der Waals surface area contributed by atoms with Gasteiger partial charge in [-0.3, -0.25) is 0 Å². The van der Waals surface area contributed by atoms with Crippen LogP contribution in [0.1, 0.15) is 11.6 Å². The van der Waals surface area contributed by atoms with Gasteiger partial charge in [0.15, 0.2) is 5.11 Å². The second-order valence-electron chi connectivity index (χ2n) is 6.40. The third-order valence-corrected chi connectivity index (χ3v) is 7.25. The van der Waals surface area contributed by atoms with Crippen molar-refractivity contribution in [2.75, 3.05) is 11.4 Å². The quantitative estimate of drug-likeness (QED) is 0.555. The number of anilines is 1. The van der Waals surface area contributed by atoms with Gasteiger partial charge in [-0.05, 0) is 54.2 Å². The van der Waals surface area contributed by atoms with Gasteiger partial charge in [0, 0.05) is 10.7 Å². The first-order valence-electron chi connectivity index (χ1n) is 8.70. The Hall–Kier alpha value is -2.41. The van der Waals surface area contributed by atoms with Gasteiger partial charge in [-0.2, -0.15) is 0 Å². The van der Waals surface area contributed by atoms with E-state index in [9.17, 15) is 8.42 Å². The first-order valence-corrected chi connectivity index (χ1v) is 10.9. The SMILES string of the molecule is O=S(=O)(c1ccc(Cl)cc1)N1CC(c2ccccc2)N(c2ccccc2)C1=S. The highest BCUT2D eigenvalue weighted by Gasteiger charge is 2.42. The highest BCUT2D eigenvalue weighted by Crippen LogP contribution is 2.37. The summed E-state index contributed by atoms with van der Waals surface area (Å²) in [5, 5.41) is 0.742. The number of benzene rings is 3. The van der Waals surface area contributed by atoms with E-state index in [4.69, 9.17) is 23.8 Å². The summed E-state index contributed by atoms with van der Waals surface area (Å²) in [6, 6.07) is 25.3. The molecule has 0 aliphatic carbocycles. The maximum absolute atomic E-state index is 13.3. The first-order chi connectivity index (χ1) is 13.5. The molecule has 1 atom stereocenters. The van der Waals surface area contributed by atoms with Gasteiger partial charge in [0.25, 0.3) is 10.0 Å². The van der Waals surface area contributed by atoms with Gasteiger partial charge in [0.1, 0.15) is 0 Å². The van der Waals surface area contributed by atoms with E-state index in [1.165, 1.54) is 16.4 Å². The molecule has 1 aliphatic rings. The first kappa shape index (κ1) is 18.9. The van der Waals surface area contributed by atoms with Crippen molar-refractivity contribution < 1.29 is 8.42 Å². The van der Waals surface area contributed by atoms with Gasteiger partial charge in [-0.25, -0.2) is 12.7 Å². The van der Waals surface area contributed by atoms with E-state index in [2.05, 4.69) is 0 Å². The molecule has 4 nitrogen and oxygen atoms in total. The molecule has 0 N–H and O–H groups in total. The second-order valence-corrected chi connectivity index (χ2v) is 9.07. The molecule has 0 saturated carbocycles. The van der Waals surface area contributed by atoms with E-state index in [0.29, 0.717) is 5.02 Å². The summed E-state index contributed by atoms with van der Waals surface area (Å²) < 4.78 is 27.9. The minimum Gasteiger partial charge on any atom is -0.309 e. The number of thiocarbonyl (C=S) groups is 1. The minimum atomic E-state index is -3.79. The van der Waals surface area contributed by atoms with Crippen molar-refractivity contribution in [1.29, 1.82) is 0 Å². The van der Waals surface area contributed by atoms with Crippen LogP contribution in [0.3, 0.4) is 0 Å². The number of rotatable bonds is 4. The van der Waals surface area contributed by atoms with Gasteiger partial charge in [0.05, 0.1) is 17.5 Å². The van der Waals surface area contributed by atoms with Crippen LogP contribution in [0.4, 0.5) is 5.69 Å². The Balaban J connectivity index is 1.78. The molecule has 3 aromatic carbocycles. The molecular formula is C21H17ClN2O2S2. The third-order valence-electron chi connectivity index (χ3n) is 4.69. The molecule has 1 saturated heterocycles. The van der Waals surface area contributed by atoms with Crippen molar-refractivity contribution in [3.8, 4) is 0 Å². The molecule has 7 heteroatoms. The van der Waals surface area contributed by atoms with Gasteiger partial charge in [-0.15, -0.1) is 0 Å². The van der Waals surface area contributed by atoms with Crippen LogP contribution in [0, 0.1) is 0 Å². The number of hydrogen-bond acceptors (Lipinski definition) is 3. The number of sulfonamides is 1. The largest absolute Gasteiger partial charge is 0.309 e. The number of para-hydroxylation sites is 1. The van der Waals surface area contributed by atoms with Crippen LogP contribution in [0.25, 0.3) is 0 Å². The molecule has 1 heterocycles. The molecule has 142 valence electrons. The molecule has 3 aromatic rings. The maximum atomic E-state index is 13.3. The van der Waals surface area contributed by atoms with Crippen molar-refractivity contribution in [2.45, 2.75) is 10.9 Å². The highest BCUT2D eigenvalue weighted by molar-refractivity contribution is 7.91.